The third-order valence-electron chi connectivity index (χ3n) is 2.34. The smallest absolute Gasteiger partial charge is 0.270 e. The number of carbonyl (C=O) groups is 1. The molecule has 1 aromatic heterocycles. The van der Waals surface area contributed by atoms with E-state index in [1.54, 1.807) is 7.05 Å². The zero-order valence-electron chi connectivity index (χ0n) is 9.70. The minimum atomic E-state index is -0.564. The SMILES string of the molecule is Cn1ncnc1NC(=O)c1cc([N+](=O)[O-])ccc1Br. The van der Waals surface area contributed by atoms with Gasteiger partial charge in [-0.3, -0.25) is 20.2 Å². The van der Waals surface area contributed by atoms with Crippen LogP contribution in [0.5, 0.6) is 0 Å². The maximum Gasteiger partial charge on any atom is 0.270 e. The number of nitrogens with one attached hydrogen (secondary N) is 1. The number of nitro benzene ring substituents is 1. The summed E-state index contributed by atoms with van der Waals surface area (Å²) in [5, 5.41) is 17.0. The molecule has 0 saturated carbocycles. The molecular formula is C10H8BrN5O3. The fourth-order valence-electron chi connectivity index (χ4n) is 1.38. The number of hydrogen-bond acceptors (Lipinski definition) is 5. The second kappa shape index (κ2) is 5.14. The molecule has 19 heavy (non-hydrogen) atoms. The second-order valence-electron chi connectivity index (χ2n) is 3.58. The quantitative estimate of drug-likeness (QED) is 0.683. The van der Waals surface area contributed by atoms with Crippen LogP contribution in [0, 0.1) is 10.1 Å². The summed E-state index contributed by atoms with van der Waals surface area (Å²) in [6.45, 7) is 0. The molecule has 0 unspecified atom stereocenters. The first-order valence-corrected chi connectivity index (χ1v) is 5.87. The Kier molecular flexibility index (Phi) is 3.56. The first-order chi connectivity index (χ1) is 8.99. The first kappa shape index (κ1) is 13.1. The Balaban J connectivity index is 2.31. The van der Waals surface area contributed by atoms with Gasteiger partial charge >= 0.3 is 0 Å². The van der Waals surface area contributed by atoms with Crippen molar-refractivity contribution in [3.63, 3.8) is 0 Å². The van der Waals surface area contributed by atoms with Crippen LogP contribution in [0.15, 0.2) is 29.0 Å². The van der Waals surface area contributed by atoms with Crippen molar-refractivity contribution < 1.29 is 9.72 Å². The lowest BCUT2D eigenvalue weighted by Gasteiger charge is -2.05. The third kappa shape index (κ3) is 2.76. The molecule has 1 aromatic carbocycles. The number of nitro groups is 1. The number of nitrogens with zero attached hydrogens (tertiary/aromatic N) is 4. The normalized spacial score (nSPS) is 10.2. The fraction of sp³-hybridized carbons (Fsp3) is 0.100. The van der Waals surface area contributed by atoms with Crippen LogP contribution in [0.3, 0.4) is 0 Å². The molecule has 2 aromatic rings. The number of aryl methyl sites for hydroxylation is 1. The molecule has 0 aliphatic heterocycles. The number of halogens is 1. The van der Waals surface area contributed by atoms with E-state index in [-0.39, 0.29) is 17.2 Å². The van der Waals surface area contributed by atoms with E-state index in [4.69, 9.17) is 0 Å². The van der Waals surface area contributed by atoms with Crippen LogP contribution in [-0.4, -0.2) is 25.6 Å². The predicted octanol–water partition coefficient (Wildman–Crippen LogP) is 1.74. The summed E-state index contributed by atoms with van der Waals surface area (Å²) in [4.78, 5) is 26.0. The Labute approximate surface area is 115 Å². The molecule has 0 aliphatic carbocycles. The van der Waals surface area contributed by atoms with Crippen molar-refractivity contribution in [2.24, 2.45) is 7.05 Å². The number of benzene rings is 1. The van der Waals surface area contributed by atoms with Gasteiger partial charge in [0, 0.05) is 23.7 Å². The lowest BCUT2D eigenvalue weighted by atomic mass is 10.2. The molecule has 1 heterocycles. The summed E-state index contributed by atoms with van der Waals surface area (Å²) in [7, 11) is 1.62. The molecule has 2 rings (SSSR count). The maximum absolute atomic E-state index is 12.0. The highest BCUT2D eigenvalue weighted by molar-refractivity contribution is 9.10. The molecule has 1 amide bonds. The van der Waals surface area contributed by atoms with Crippen molar-refractivity contribution in [2.75, 3.05) is 5.32 Å². The van der Waals surface area contributed by atoms with Gasteiger partial charge in [-0.2, -0.15) is 10.1 Å². The second-order valence-corrected chi connectivity index (χ2v) is 4.44. The molecule has 0 radical (unpaired) electrons. The van der Waals surface area contributed by atoms with Crippen LogP contribution in [0.2, 0.25) is 0 Å². The molecule has 0 atom stereocenters. The van der Waals surface area contributed by atoms with Crippen LogP contribution in [0.25, 0.3) is 0 Å². The van der Waals surface area contributed by atoms with E-state index in [1.165, 1.54) is 29.2 Å². The monoisotopic (exact) mass is 325 g/mol. The summed E-state index contributed by atoms with van der Waals surface area (Å²) in [5.41, 5.74) is -0.0106. The lowest BCUT2D eigenvalue weighted by Crippen LogP contribution is -2.16. The molecule has 0 saturated heterocycles. The predicted molar refractivity (Wildman–Crippen MR) is 69.8 cm³/mol. The number of carbonyl (C=O) groups excluding carboxylic acids is 1. The highest BCUT2D eigenvalue weighted by Gasteiger charge is 2.16. The van der Waals surface area contributed by atoms with Crippen LogP contribution in [0.1, 0.15) is 10.4 Å². The summed E-state index contributed by atoms with van der Waals surface area (Å²) < 4.78 is 1.83. The molecule has 0 spiro atoms. The van der Waals surface area contributed by atoms with E-state index in [2.05, 4.69) is 31.3 Å². The molecule has 98 valence electrons. The number of hydrogen-bond donors (Lipinski definition) is 1. The third-order valence-corrected chi connectivity index (χ3v) is 3.03. The largest absolute Gasteiger partial charge is 0.291 e. The van der Waals surface area contributed by atoms with E-state index < -0.39 is 10.8 Å². The van der Waals surface area contributed by atoms with E-state index in [0.717, 1.165) is 0 Å². The van der Waals surface area contributed by atoms with Gasteiger partial charge in [-0.05, 0) is 22.0 Å². The number of anilines is 1. The molecular weight excluding hydrogens is 318 g/mol. The Morgan fingerprint density at radius 1 is 1.53 bits per heavy atom. The molecule has 0 fully saturated rings. The summed E-state index contributed by atoms with van der Waals surface area (Å²) in [6.07, 6.45) is 1.29. The molecule has 9 heteroatoms. The van der Waals surface area contributed by atoms with Gasteiger partial charge in [0.15, 0.2) is 0 Å². The molecule has 8 nitrogen and oxygen atoms in total. The van der Waals surface area contributed by atoms with Crippen molar-refractivity contribution >= 4 is 33.5 Å². The highest BCUT2D eigenvalue weighted by atomic mass is 79.9. The molecule has 1 N–H and O–H groups in total. The van der Waals surface area contributed by atoms with Crippen LogP contribution < -0.4 is 5.32 Å². The summed E-state index contributed by atoms with van der Waals surface area (Å²) in [6, 6.07) is 3.95. The van der Waals surface area contributed by atoms with Crippen LogP contribution >= 0.6 is 15.9 Å². The zero-order valence-corrected chi connectivity index (χ0v) is 11.3. The number of amides is 1. The number of rotatable bonds is 3. The van der Waals surface area contributed by atoms with Gasteiger partial charge in [0.1, 0.15) is 6.33 Å². The number of aromatic nitrogens is 3. The summed E-state index contributed by atoms with van der Waals surface area (Å²) in [5.74, 6) is -0.255. The first-order valence-electron chi connectivity index (χ1n) is 5.08. The highest BCUT2D eigenvalue weighted by Crippen LogP contribution is 2.23. The van der Waals surface area contributed by atoms with E-state index in [1.807, 2.05) is 0 Å². The van der Waals surface area contributed by atoms with E-state index in [9.17, 15) is 14.9 Å². The Morgan fingerprint density at radius 2 is 2.26 bits per heavy atom. The van der Waals surface area contributed by atoms with Crippen molar-refractivity contribution in [3.8, 4) is 0 Å². The van der Waals surface area contributed by atoms with Crippen LogP contribution in [-0.2, 0) is 7.05 Å². The summed E-state index contributed by atoms with van der Waals surface area (Å²) >= 11 is 3.18. The average Bonchev–Trinajstić information content (AvgIpc) is 2.75. The number of non-ortho nitro benzene ring substituents is 1. The zero-order chi connectivity index (χ0) is 14.0. The van der Waals surface area contributed by atoms with Gasteiger partial charge in [-0.1, -0.05) is 0 Å². The van der Waals surface area contributed by atoms with Gasteiger partial charge in [-0.15, -0.1) is 0 Å². The Morgan fingerprint density at radius 3 is 2.84 bits per heavy atom. The van der Waals surface area contributed by atoms with Crippen molar-refractivity contribution in [1.29, 1.82) is 0 Å². The molecule has 0 aliphatic rings. The minimum absolute atomic E-state index is 0.150. The van der Waals surface area contributed by atoms with E-state index >= 15 is 0 Å². The Bertz CT molecular complexity index is 654. The van der Waals surface area contributed by atoms with Gasteiger partial charge < -0.3 is 0 Å². The van der Waals surface area contributed by atoms with Gasteiger partial charge in [0.25, 0.3) is 11.6 Å². The van der Waals surface area contributed by atoms with E-state index in [0.29, 0.717) is 4.47 Å². The van der Waals surface area contributed by atoms with Crippen molar-refractivity contribution in [3.05, 3.63) is 44.7 Å². The van der Waals surface area contributed by atoms with Crippen molar-refractivity contribution in [1.82, 2.24) is 14.8 Å². The Hall–Kier alpha value is -2.29. The lowest BCUT2D eigenvalue weighted by molar-refractivity contribution is -0.384. The standard InChI is InChI=1S/C10H8BrN5O3/c1-15-10(12-5-13-15)14-9(17)7-4-6(16(18)19)2-3-8(7)11/h2-5H,1H3,(H,12,13,14,17). The average molecular weight is 326 g/mol. The van der Waals surface area contributed by atoms with Gasteiger partial charge in [0.05, 0.1) is 10.5 Å². The van der Waals surface area contributed by atoms with Crippen molar-refractivity contribution in [2.45, 2.75) is 0 Å². The topological polar surface area (TPSA) is 103 Å². The van der Waals surface area contributed by atoms with Crippen LogP contribution in [0.4, 0.5) is 11.6 Å². The maximum atomic E-state index is 12.0. The minimum Gasteiger partial charge on any atom is -0.291 e. The van der Waals surface area contributed by atoms with Gasteiger partial charge in [0.2, 0.25) is 5.95 Å². The molecule has 0 bridgehead atoms. The van der Waals surface area contributed by atoms with Gasteiger partial charge in [-0.25, -0.2) is 4.68 Å². The fourth-order valence-corrected chi connectivity index (χ4v) is 1.81.